The predicted molar refractivity (Wildman–Crippen MR) is 164 cm³/mol. The van der Waals surface area contributed by atoms with E-state index in [-0.39, 0.29) is 48.8 Å². The number of hydrogen-bond acceptors (Lipinski definition) is 7. The third-order valence-electron chi connectivity index (χ3n) is 8.57. The fourth-order valence-corrected chi connectivity index (χ4v) is 9.30. The molecule has 5 atom stereocenters. The summed E-state index contributed by atoms with van der Waals surface area (Å²) in [5.74, 6) is 1.06. The average Bonchev–Trinajstić information content (AvgIpc) is 3.26. The van der Waals surface area contributed by atoms with Gasteiger partial charge in [0.2, 0.25) is 5.91 Å². The molecule has 4 rings (SSSR count). The van der Waals surface area contributed by atoms with Crippen LogP contribution in [0, 0.1) is 5.92 Å². The maximum absolute atomic E-state index is 13.7. The van der Waals surface area contributed by atoms with Gasteiger partial charge < -0.3 is 29.8 Å². The van der Waals surface area contributed by atoms with Crippen LogP contribution in [-0.4, -0.2) is 73.8 Å². The fraction of sp³-hybridized carbons (Fsp3) is 0.594. The van der Waals surface area contributed by atoms with Gasteiger partial charge in [-0.05, 0) is 112 Å². The van der Waals surface area contributed by atoms with E-state index >= 15 is 0 Å². The summed E-state index contributed by atoms with van der Waals surface area (Å²) in [6.45, 7) is 9.54. The zero-order valence-corrected chi connectivity index (χ0v) is 26.0. The molecule has 1 unspecified atom stereocenters. The number of anilines is 2. The van der Waals surface area contributed by atoms with Crippen molar-refractivity contribution in [3.63, 3.8) is 0 Å². The number of nitrogens with zero attached hydrogens (tertiary/aromatic N) is 1. The Morgan fingerprint density at radius 2 is 1.80 bits per heavy atom. The molecule has 2 aliphatic rings. The summed E-state index contributed by atoms with van der Waals surface area (Å²) in [7, 11) is -2.42. The fourth-order valence-electron chi connectivity index (χ4n) is 6.65. The Kier molecular flexibility index (Phi) is 11.0. The van der Waals surface area contributed by atoms with E-state index in [1.807, 2.05) is 55.2 Å². The van der Waals surface area contributed by atoms with Gasteiger partial charge in [0, 0.05) is 24.4 Å². The molecule has 8 nitrogen and oxygen atoms in total. The van der Waals surface area contributed by atoms with Crippen molar-refractivity contribution in [1.82, 2.24) is 5.32 Å². The van der Waals surface area contributed by atoms with E-state index in [9.17, 15) is 14.7 Å². The number of ether oxygens (including phenoxy) is 2. The van der Waals surface area contributed by atoms with Gasteiger partial charge in [0.05, 0.1) is 30.5 Å². The lowest BCUT2D eigenvalue weighted by atomic mass is 9.94. The van der Waals surface area contributed by atoms with Crippen LogP contribution in [0.4, 0.5) is 11.4 Å². The molecule has 2 heterocycles. The Labute approximate surface area is 245 Å². The standard InChI is InChI=1S/C32H48N2O6Si/c1-5-39-26-13-14-28-24(20-26)21-27(33-17-6-7-18-35)32(37)34(28)25-11-8-23(9-12-25)10-15-29-22(2)31(41(3,4)38)30(40-29)16-19-36/h8-9,11-14,20,22,27,29-31,33,35-36,38H,5-7,10,15-19,21H2,1-4H3/t22-,27?,29+,30-,31+/m0/s1. The molecule has 2 aromatic rings. The lowest BCUT2D eigenvalue weighted by molar-refractivity contribution is -0.120. The first kappa shape index (κ1) is 31.7. The number of aliphatic hydroxyl groups is 2. The number of carbonyl (C=O) groups excluding carboxylic acids is 1. The van der Waals surface area contributed by atoms with Crippen LogP contribution in [0.1, 0.15) is 50.7 Å². The molecule has 1 saturated heterocycles. The van der Waals surface area contributed by atoms with Crippen molar-refractivity contribution in [2.24, 2.45) is 5.92 Å². The summed E-state index contributed by atoms with van der Waals surface area (Å²) in [6.07, 6.45) is 4.30. The first-order valence-electron chi connectivity index (χ1n) is 15.2. The maximum Gasteiger partial charge on any atom is 0.249 e. The van der Waals surface area contributed by atoms with Gasteiger partial charge in [0.1, 0.15) is 5.75 Å². The van der Waals surface area contributed by atoms with Gasteiger partial charge in [-0.3, -0.25) is 9.69 Å². The third kappa shape index (κ3) is 7.58. The zero-order valence-electron chi connectivity index (χ0n) is 25.0. The van der Waals surface area contributed by atoms with E-state index in [0.717, 1.165) is 42.0 Å². The highest BCUT2D eigenvalue weighted by Crippen LogP contribution is 2.45. The van der Waals surface area contributed by atoms with Crippen LogP contribution in [0.3, 0.4) is 0 Å². The lowest BCUT2D eigenvalue weighted by Crippen LogP contribution is -2.49. The number of rotatable bonds is 14. The van der Waals surface area contributed by atoms with Gasteiger partial charge in [-0.2, -0.15) is 0 Å². The van der Waals surface area contributed by atoms with E-state index in [1.54, 1.807) is 0 Å². The number of aliphatic hydroxyl groups excluding tert-OH is 2. The molecular formula is C32H48N2O6Si. The highest BCUT2D eigenvalue weighted by Gasteiger charge is 2.49. The van der Waals surface area contributed by atoms with Gasteiger partial charge in [0.25, 0.3) is 0 Å². The predicted octanol–water partition coefficient (Wildman–Crippen LogP) is 4.32. The highest BCUT2D eigenvalue weighted by atomic mass is 28.4. The molecule has 0 aliphatic carbocycles. The summed E-state index contributed by atoms with van der Waals surface area (Å²) in [5.41, 5.74) is 4.05. The second kappa shape index (κ2) is 14.3. The Morgan fingerprint density at radius 3 is 2.46 bits per heavy atom. The third-order valence-corrected chi connectivity index (χ3v) is 11.1. The van der Waals surface area contributed by atoms with Crippen molar-refractivity contribution < 1.29 is 29.3 Å². The topological polar surface area (TPSA) is 111 Å². The largest absolute Gasteiger partial charge is 0.494 e. The molecule has 0 radical (unpaired) electrons. The van der Waals surface area contributed by atoms with E-state index in [1.165, 1.54) is 5.56 Å². The molecule has 0 aromatic heterocycles. The maximum atomic E-state index is 13.7. The number of benzene rings is 2. The van der Waals surface area contributed by atoms with Crippen LogP contribution in [0.5, 0.6) is 5.75 Å². The summed E-state index contributed by atoms with van der Waals surface area (Å²) in [4.78, 5) is 26.4. The lowest BCUT2D eigenvalue weighted by Gasteiger charge is -2.35. The minimum Gasteiger partial charge on any atom is -0.494 e. The number of nitrogens with one attached hydrogen (secondary N) is 1. The van der Waals surface area contributed by atoms with E-state index in [2.05, 4.69) is 24.4 Å². The molecule has 2 aromatic carbocycles. The quantitative estimate of drug-likeness (QED) is 0.193. The molecule has 1 amide bonds. The molecule has 0 saturated carbocycles. The van der Waals surface area contributed by atoms with Gasteiger partial charge in [0.15, 0.2) is 8.32 Å². The van der Waals surface area contributed by atoms with E-state index in [4.69, 9.17) is 14.6 Å². The van der Waals surface area contributed by atoms with Crippen LogP contribution in [0.25, 0.3) is 0 Å². The summed E-state index contributed by atoms with van der Waals surface area (Å²) >= 11 is 0. The zero-order chi connectivity index (χ0) is 29.6. The van der Waals surface area contributed by atoms with Gasteiger partial charge in [-0.25, -0.2) is 0 Å². The second-order valence-corrected chi connectivity index (χ2v) is 16.0. The molecule has 4 N–H and O–H groups in total. The Morgan fingerprint density at radius 1 is 1.05 bits per heavy atom. The van der Waals surface area contributed by atoms with Crippen LogP contribution < -0.4 is 15.0 Å². The molecule has 0 bridgehead atoms. The Bertz CT molecular complexity index is 1140. The number of amides is 1. The summed E-state index contributed by atoms with van der Waals surface area (Å²) in [5, 5.41) is 22.1. The van der Waals surface area contributed by atoms with Gasteiger partial charge >= 0.3 is 0 Å². The molecule has 226 valence electrons. The van der Waals surface area contributed by atoms with Crippen LogP contribution in [0.15, 0.2) is 42.5 Å². The monoisotopic (exact) mass is 584 g/mol. The van der Waals surface area contributed by atoms with Crippen molar-refractivity contribution in [1.29, 1.82) is 0 Å². The number of hydrogen-bond donors (Lipinski definition) is 4. The van der Waals surface area contributed by atoms with Crippen molar-refractivity contribution in [2.45, 2.75) is 89.3 Å². The first-order chi connectivity index (χ1) is 19.7. The van der Waals surface area contributed by atoms with Crippen molar-refractivity contribution in [3.8, 4) is 5.75 Å². The Hall–Kier alpha value is -2.27. The summed E-state index contributed by atoms with van der Waals surface area (Å²) in [6, 6.07) is 13.8. The van der Waals surface area contributed by atoms with Gasteiger partial charge in [-0.15, -0.1) is 0 Å². The molecule has 1 fully saturated rings. The van der Waals surface area contributed by atoms with Crippen molar-refractivity contribution in [3.05, 3.63) is 53.6 Å². The minimum atomic E-state index is -2.42. The van der Waals surface area contributed by atoms with Crippen LogP contribution in [-0.2, 0) is 22.4 Å². The summed E-state index contributed by atoms with van der Waals surface area (Å²) < 4.78 is 12.1. The number of aryl methyl sites for hydroxylation is 1. The van der Waals surface area contributed by atoms with Gasteiger partial charge in [-0.1, -0.05) is 19.1 Å². The molecule has 41 heavy (non-hydrogen) atoms. The molecule has 9 heteroatoms. The molecule has 0 spiro atoms. The minimum absolute atomic E-state index is 0.0170. The highest BCUT2D eigenvalue weighted by molar-refractivity contribution is 6.71. The molecule has 2 aliphatic heterocycles. The van der Waals surface area contributed by atoms with E-state index in [0.29, 0.717) is 32.4 Å². The molecular weight excluding hydrogens is 536 g/mol. The second-order valence-electron chi connectivity index (χ2n) is 12.0. The van der Waals surface area contributed by atoms with Crippen molar-refractivity contribution >= 4 is 25.6 Å². The smallest absolute Gasteiger partial charge is 0.249 e. The number of unbranched alkanes of at least 4 members (excludes halogenated alkanes) is 1. The van der Waals surface area contributed by atoms with Crippen LogP contribution >= 0.6 is 0 Å². The SMILES string of the molecule is CCOc1ccc2c(c1)CC(NCCCCO)C(=O)N2c1ccc(CC[C@H]2O[C@@H](CCO)[C@H]([Si](C)(C)O)[C@H]2C)cc1. The van der Waals surface area contributed by atoms with E-state index < -0.39 is 8.32 Å². The first-order valence-corrected chi connectivity index (χ1v) is 18.2. The Balaban J connectivity index is 1.48. The normalized spacial score (nSPS) is 24.5. The van der Waals surface area contributed by atoms with Crippen LogP contribution in [0.2, 0.25) is 18.6 Å². The number of carbonyl (C=O) groups is 1. The van der Waals surface area contributed by atoms with Crippen molar-refractivity contribution in [2.75, 3.05) is 31.3 Å². The number of fused-ring (bicyclic) bond motifs is 1. The average molecular weight is 585 g/mol.